The van der Waals surface area contributed by atoms with Gasteiger partial charge in [-0.05, 0) is 12.1 Å². The van der Waals surface area contributed by atoms with Crippen molar-refractivity contribution in [1.29, 1.82) is 0 Å². The van der Waals surface area contributed by atoms with Crippen LogP contribution in [-0.4, -0.2) is 30.1 Å². The number of para-hydroxylation sites is 1. The third kappa shape index (κ3) is 1.76. The van der Waals surface area contributed by atoms with Crippen LogP contribution in [0.25, 0.3) is 11.1 Å². The van der Waals surface area contributed by atoms with Crippen LogP contribution in [0.3, 0.4) is 0 Å². The van der Waals surface area contributed by atoms with Gasteiger partial charge in [-0.15, -0.1) is 0 Å². The van der Waals surface area contributed by atoms with E-state index in [1.807, 2.05) is 0 Å². The number of aromatic nitrogens is 1. The first-order chi connectivity index (χ1) is 7.18. The van der Waals surface area contributed by atoms with Crippen LogP contribution in [0.15, 0.2) is 29.0 Å². The molecule has 78 valence electrons. The van der Waals surface area contributed by atoms with Crippen LogP contribution < -0.4 is 4.74 Å². The molecule has 5 nitrogen and oxygen atoms in total. The number of carbonyl (C=O) groups excluding carboxylic acids is 1. The van der Waals surface area contributed by atoms with Crippen LogP contribution in [-0.2, 0) is 0 Å². The first-order valence-corrected chi connectivity index (χ1v) is 4.40. The Balaban J connectivity index is 2.35. The predicted octanol–water partition coefficient (Wildman–Crippen LogP) is 1.89. The summed E-state index contributed by atoms with van der Waals surface area (Å²) in [5.41, 5.74) is 1.15. The Bertz CT molecular complexity index is 490. The molecule has 0 bridgehead atoms. The Morgan fingerprint density at radius 3 is 3.00 bits per heavy atom. The number of amides is 1. The molecule has 0 aliphatic heterocycles. The van der Waals surface area contributed by atoms with Gasteiger partial charge in [0.1, 0.15) is 0 Å². The molecule has 2 rings (SSSR count). The fraction of sp³-hybridized carbons (Fsp3) is 0.200. The molecule has 0 atom stereocenters. The highest BCUT2D eigenvalue weighted by atomic mass is 16.6. The van der Waals surface area contributed by atoms with Crippen LogP contribution in [0.2, 0.25) is 0 Å². The molecule has 1 amide bonds. The summed E-state index contributed by atoms with van der Waals surface area (Å²) in [7, 11) is 3.23. The molecule has 0 unspecified atom stereocenters. The first-order valence-electron chi connectivity index (χ1n) is 4.40. The van der Waals surface area contributed by atoms with Crippen molar-refractivity contribution in [3.63, 3.8) is 0 Å². The van der Waals surface area contributed by atoms with Crippen LogP contribution in [0.5, 0.6) is 5.75 Å². The minimum absolute atomic E-state index is 0.403. The van der Waals surface area contributed by atoms with Crippen LogP contribution in [0.1, 0.15) is 0 Å². The van der Waals surface area contributed by atoms with Gasteiger partial charge in [0.05, 0.1) is 0 Å². The van der Waals surface area contributed by atoms with Crippen molar-refractivity contribution in [2.24, 2.45) is 0 Å². The molecule has 1 aromatic carbocycles. The summed E-state index contributed by atoms with van der Waals surface area (Å²) in [5, 5.41) is 0. The number of ether oxygens (including phenoxy) is 1. The largest absolute Gasteiger partial charge is 0.443 e. The van der Waals surface area contributed by atoms with Crippen molar-refractivity contribution >= 4 is 17.2 Å². The fourth-order valence-electron chi connectivity index (χ4n) is 1.13. The molecular weight excluding hydrogens is 196 g/mol. The zero-order chi connectivity index (χ0) is 10.8. The molecule has 1 aromatic heterocycles. The van der Waals surface area contributed by atoms with Gasteiger partial charge in [0.15, 0.2) is 23.2 Å². The maximum Gasteiger partial charge on any atom is 0.414 e. The normalized spacial score (nSPS) is 10.3. The number of nitrogens with zero attached hydrogens (tertiary/aromatic N) is 2. The number of fused-ring (bicyclic) bond motifs is 1. The standard InChI is InChI=1S/C10H10N2O3/c1-12(2)10(13)15-8-5-3-4-7-9(8)11-6-14-7/h3-6H,1-2H3. The predicted molar refractivity (Wildman–Crippen MR) is 53.7 cm³/mol. The molecule has 15 heavy (non-hydrogen) atoms. The molecule has 0 aliphatic rings. The Labute approximate surface area is 86.3 Å². The van der Waals surface area contributed by atoms with Gasteiger partial charge in [-0.2, -0.15) is 0 Å². The van der Waals surface area contributed by atoms with Crippen molar-refractivity contribution in [2.45, 2.75) is 0 Å². The number of hydrogen-bond acceptors (Lipinski definition) is 4. The minimum atomic E-state index is -0.439. The minimum Gasteiger partial charge on any atom is -0.443 e. The van der Waals surface area contributed by atoms with Gasteiger partial charge in [-0.3, -0.25) is 0 Å². The lowest BCUT2D eigenvalue weighted by molar-refractivity contribution is 0.172. The zero-order valence-corrected chi connectivity index (χ0v) is 8.43. The van der Waals surface area contributed by atoms with Crippen LogP contribution in [0, 0.1) is 0 Å². The topological polar surface area (TPSA) is 55.6 Å². The summed E-state index contributed by atoms with van der Waals surface area (Å²) in [6.45, 7) is 0. The molecule has 2 aromatic rings. The van der Waals surface area contributed by atoms with Crippen molar-refractivity contribution in [3.05, 3.63) is 24.6 Å². The van der Waals surface area contributed by atoms with Crippen molar-refractivity contribution in [2.75, 3.05) is 14.1 Å². The van der Waals surface area contributed by atoms with Crippen LogP contribution in [0.4, 0.5) is 4.79 Å². The van der Waals surface area contributed by atoms with E-state index in [1.165, 1.54) is 11.3 Å². The Morgan fingerprint density at radius 2 is 2.27 bits per heavy atom. The second-order valence-electron chi connectivity index (χ2n) is 3.22. The van der Waals surface area contributed by atoms with E-state index in [2.05, 4.69) is 4.98 Å². The highest BCUT2D eigenvalue weighted by Crippen LogP contribution is 2.23. The fourth-order valence-corrected chi connectivity index (χ4v) is 1.13. The third-order valence-electron chi connectivity index (χ3n) is 1.89. The van der Waals surface area contributed by atoms with Gasteiger partial charge >= 0.3 is 6.09 Å². The molecule has 0 fully saturated rings. The lowest BCUT2D eigenvalue weighted by atomic mass is 10.3. The van der Waals surface area contributed by atoms with Gasteiger partial charge in [0, 0.05) is 14.1 Å². The Morgan fingerprint density at radius 1 is 1.47 bits per heavy atom. The van der Waals surface area contributed by atoms with Gasteiger partial charge in [-0.25, -0.2) is 9.78 Å². The van der Waals surface area contributed by atoms with Gasteiger partial charge in [-0.1, -0.05) is 6.07 Å². The molecule has 1 heterocycles. The number of carbonyl (C=O) groups is 1. The van der Waals surface area contributed by atoms with E-state index in [0.717, 1.165) is 0 Å². The summed E-state index contributed by atoms with van der Waals surface area (Å²) in [6, 6.07) is 5.17. The molecule has 0 aliphatic carbocycles. The molecule has 0 spiro atoms. The summed E-state index contributed by atoms with van der Waals surface area (Å²) in [6.07, 6.45) is 0.878. The lowest BCUT2D eigenvalue weighted by Gasteiger charge is -2.10. The smallest absolute Gasteiger partial charge is 0.414 e. The van der Waals surface area contributed by atoms with E-state index in [-0.39, 0.29) is 0 Å². The number of benzene rings is 1. The number of oxazole rings is 1. The average Bonchev–Trinajstić information content (AvgIpc) is 2.66. The zero-order valence-electron chi connectivity index (χ0n) is 8.43. The number of rotatable bonds is 1. The van der Waals surface area contributed by atoms with E-state index in [1.54, 1.807) is 32.3 Å². The summed E-state index contributed by atoms with van der Waals surface area (Å²) in [4.78, 5) is 16.6. The van der Waals surface area contributed by atoms with E-state index in [4.69, 9.17) is 9.15 Å². The molecule has 0 saturated heterocycles. The van der Waals surface area contributed by atoms with Crippen molar-refractivity contribution in [1.82, 2.24) is 9.88 Å². The quantitative estimate of drug-likeness (QED) is 0.714. The summed E-state index contributed by atoms with van der Waals surface area (Å²) < 4.78 is 10.2. The van der Waals surface area contributed by atoms with E-state index < -0.39 is 6.09 Å². The molecule has 0 saturated carbocycles. The van der Waals surface area contributed by atoms with E-state index >= 15 is 0 Å². The monoisotopic (exact) mass is 206 g/mol. The van der Waals surface area contributed by atoms with Gasteiger partial charge in [0.2, 0.25) is 0 Å². The summed E-state index contributed by atoms with van der Waals surface area (Å²) in [5.74, 6) is 0.403. The van der Waals surface area contributed by atoms with Crippen molar-refractivity contribution < 1.29 is 13.9 Å². The van der Waals surface area contributed by atoms with Crippen LogP contribution >= 0.6 is 0 Å². The highest BCUT2D eigenvalue weighted by molar-refractivity contribution is 5.82. The van der Waals surface area contributed by atoms with E-state index in [0.29, 0.717) is 16.8 Å². The Kier molecular flexibility index (Phi) is 2.29. The average molecular weight is 206 g/mol. The molecule has 0 N–H and O–H groups in total. The maximum absolute atomic E-state index is 11.3. The van der Waals surface area contributed by atoms with E-state index in [9.17, 15) is 4.79 Å². The lowest BCUT2D eigenvalue weighted by Crippen LogP contribution is -2.25. The van der Waals surface area contributed by atoms with Crippen molar-refractivity contribution in [3.8, 4) is 5.75 Å². The SMILES string of the molecule is CN(C)C(=O)Oc1cccc2ocnc12. The van der Waals surface area contributed by atoms with Gasteiger partial charge in [0.25, 0.3) is 0 Å². The molecular formula is C10H10N2O3. The highest BCUT2D eigenvalue weighted by Gasteiger charge is 2.11. The Hall–Kier alpha value is -2.04. The maximum atomic E-state index is 11.3. The third-order valence-corrected chi connectivity index (χ3v) is 1.89. The second-order valence-corrected chi connectivity index (χ2v) is 3.22. The van der Waals surface area contributed by atoms with Gasteiger partial charge < -0.3 is 14.1 Å². The molecule has 0 radical (unpaired) electrons. The number of hydrogen-bond donors (Lipinski definition) is 0. The first kappa shape index (κ1) is 9.51. The molecule has 5 heteroatoms. The summed E-state index contributed by atoms with van der Waals surface area (Å²) >= 11 is 0. The second kappa shape index (κ2) is 3.61.